The molecule has 0 aromatic carbocycles. The SMILES string of the molecule is O=C(O)N1CCCC(c2cc[nH]c3cnc4nccc4c23)C1CC(F)(F)F. The van der Waals surface area contributed by atoms with Crippen molar-refractivity contribution in [1.82, 2.24) is 19.9 Å². The highest BCUT2D eigenvalue weighted by atomic mass is 19.4. The lowest BCUT2D eigenvalue weighted by molar-refractivity contribution is -0.149. The minimum atomic E-state index is -4.45. The van der Waals surface area contributed by atoms with Crippen molar-refractivity contribution in [3.8, 4) is 0 Å². The number of H-pyrrole nitrogens is 1. The third-order valence-corrected chi connectivity index (χ3v) is 5.19. The van der Waals surface area contributed by atoms with Gasteiger partial charge >= 0.3 is 12.3 Å². The van der Waals surface area contributed by atoms with Gasteiger partial charge in [0.2, 0.25) is 0 Å². The first-order chi connectivity index (χ1) is 12.8. The Morgan fingerprint density at radius 2 is 2.15 bits per heavy atom. The third-order valence-electron chi connectivity index (χ3n) is 5.19. The molecule has 1 saturated heterocycles. The summed E-state index contributed by atoms with van der Waals surface area (Å²) < 4.78 is 39.7. The molecule has 142 valence electrons. The number of fused-ring (bicyclic) bond motifs is 3. The topological polar surface area (TPSA) is 82.1 Å². The Kier molecular flexibility index (Phi) is 4.16. The number of piperidine rings is 1. The Morgan fingerprint density at radius 3 is 2.89 bits per heavy atom. The summed E-state index contributed by atoms with van der Waals surface area (Å²) in [5, 5.41) is 11.0. The van der Waals surface area contributed by atoms with E-state index in [1.165, 1.54) is 0 Å². The van der Waals surface area contributed by atoms with E-state index >= 15 is 0 Å². The summed E-state index contributed by atoms with van der Waals surface area (Å²) in [6.45, 7) is 0.109. The van der Waals surface area contributed by atoms with Crippen LogP contribution in [0.4, 0.5) is 18.0 Å². The standard InChI is InChI=1S/C18H17F3N4O2/c19-18(20,21)8-14-10(2-1-7-25(14)17(26)27)11-3-5-22-13-9-24-16-12(15(11)13)4-6-23-16/h3-6,9-10,14,22H,1-2,7-8H2,(H,26,27). The van der Waals surface area contributed by atoms with E-state index in [1.807, 2.05) is 0 Å². The number of carboxylic acid groups (broad SMARTS) is 1. The molecule has 1 aliphatic heterocycles. The fraction of sp³-hybridized carbons (Fsp3) is 0.389. The summed E-state index contributed by atoms with van der Waals surface area (Å²) in [5.41, 5.74) is 1.90. The molecule has 0 radical (unpaired) electrons. The van der Waals surface area contributed by atoms with Crippen molar-refractivity contribution in [2.24, 2.45) is 0 Å². The quantitative estimate of drug-likeness (QED) is 0.697. The van der Waals surface area contributed by atoms with Crippen LogP contribution in [0.3, 0.4) is 0 Å². The second-order valence-electron chi connectivity index (χ2n) is 6.77. The molecule has 2 atom stereocenters. The van der Waals surface area contributed by atoms with Crippen LogP contribution in [-0.2, 0) is 0 Å². The van der Waals surface area contributed by atoms with E-state index in [1.54, 1.807) is 30.7 Å². The first-order valence-electron chi connectivity index (χ1n) is 8.62. The van der Waals surface area contributed by atoms with Gasteiger partial charge in [-0.25, -0.2) is 14.8 Å². The van der Waals surface area contributed by atoms with Crippen molar-refractivity contribution < 1.29 is 23.1 Å². The first kappa shape index (κ1) is 17.6. The second-order valence-corrected chi connectivity index (χ2v) is 6.77. The monoisotopic (exact) mass is 378 g/mol. The van der Waals surface area contributed by atoms with E-state index in [9.17, 15) is 23.1 Å². The molecule has 0 bridgehead atoms. The van der Waals surface area contributed by atoms with Gasteiger partial charge in [-0.15, -0.1) is 0 Å². The van der Waals surface area contributed by atoms with Gasteiger partial charge in [0.1, 0.15) is 0 Å². The van der Waals surface area contributed by atoms with Crippen LogP contribution in [0.1, 0.15) is 30.7 Å². The van der Waals surface area contributed by atoms with E-state index in [-0.39, 0.29) is 6.54 Å². The number of carbonyl (C=O) groups is 1. The van der Waals surface area contributed by atoms with Gasteiger partial charge in [-0.3, -0.25) is 0 Å². The van der Waals surface area contributed by atoms with Gasteiger partial charge in [-0.1, -0.05) is 0 Å². The first-order valence-corrected chi connectivity index (χ1v) is 8.62. The maximum absolute atomic E-state index is 13.2. The van der Waals surface area contributed by atoms with Crippen LogP contribution < -0.4 is 0 Å². The average molecular weight is 378 g/mol. The largest absolute Gasteiger partial charge is 0.465 e. The molecule has 0 saturated carbocycles. The highest BCUT2D eigenvalue weighted by molar-refractivity contribution is 6.05. The number of nitrogens with zero attached hydrogens (tertiary/aromatic N) is 3. The minimum absolute atomic E-state index is 0.109. The van der Waals surface area contributed by atoms with E-state index in [0.717, 1.165) is 15.7 Å². The van der Waals surface area contributed by atoms with Gasteiger partial charge in [0.25, 0.3) is 0 Å². The van der Waals surface area contributed by atoms with Crippen molar-refractivity contribution in [2.45, 2.75) is 37.4 Å². The summed E-state index contributed by atoms with van der Waals surface area (Å²) in [4.78, 5) is 24.0. The van der Waals surface area contributed by atoms with E-state index in [4.69, 9.17) is 0 Å². The molecule has 2 unspecified atom stereocenters. The van der Waals surface area contributed by atoms with Gasteiger partial charge in [-0.05, 0) is 30.5 Å². The molecule has 0 spiro atoms. The third kappa shape index (κ3) is 3.17. The van der Waals surface area contributed by atoms with E-state index in [0.29, 0.717) is 29.6 Å². The second kappa shape index (κ2) is 6.40. The Labute approximate surface area is 152 Å². The molecule has 1 fully saturated rings. The van der Waals surface area contributed by atoms with Crippen LogP contribution in [-0.4, -0.2) is 49.8 Å². The van der Waals surface area contributed by atoms with Gasteiger partial charge in [0.15, 0.2) is 5.65 Å². The van der Waals surface area contributed by atoms with Gasteiger partial charge in [-0.2, -0.15) is 13.2 Å². The molecule has 27 heavy (non-hydrogen) atoms. The summed E-state index contributed by atoms with van der Waals surface area (Å²) in [6, 6.07) is 2.36. The minimum Gasteiger partial charge on any atom is -0.465 e. The van der Waals surface area contributed by atoms with Crippen LogP contribution in [0.5, 0.6) is 0 Å². The van der Waals surface area contributed by atoms with Crippen molar-refractivity contribution in [3.05, 3.63) is 36.3 Å². The summed E-state index contributed by atoms with van der Waals surface area (Å²) in [5.74, 6) is -0.561. The van der Waals surface area contributed by atoms with Crippen LogP contribution in [0.2, 0.25) is 0 Å². The Bertz CT molecular complexity index is 1000. The summed E-state index contributed by atoms with van der Waals surface area (Å²) in [6.07, 6.45) is -1.08. The zero-order chi connectivity index (χ0) is 19.2. The van der Waals surface area contributed by atoms with E-state index < -0.39 is 30.7 Å². The molecular formula is C18H17F3N4O2. The van der Waals surface area contributed by atoms with Gasteiger partial charge in [0, 0.05) is 35.6 Å². The molecule has 2 N–H and O–H groups in total. The molecule has 9 heteroatoms. The predicted molar refractivity (Wildman–Crippen MR) is 92.6 cm³/mol. The number of hydrogen-bond acceptors (Lipinski definition) is 3. The van der Waals surface area contributed by atoms with Crippen molar-refractivity contribution in [1.29, 1.82) is 0 Å². The molecular weight excluding hydrogens is 361 g/mol. The summed E-state index contributed by atoms with van der Waals surface area (Å²) >= 11 is 0. The molecule has 1 amide bonds. The average Bonchev–Trinajstić information content (AvgIpc) is 3.09. The highest BCUT2D eigenvalue weighted by Crippen LogP contribution is 2.41. The Balaban J connectivity index is 1.89. The number of nitrogens with one attached hydrogen (secondary N) is 1. The number of aromatic nitrogens is 3. The zero-order valence-corrected chi connectivity index (χ0v) is 14.2. The van der Waals surface area contributed by atoms with Crippen LogP contribution in [0, 0.1) is 0 Å². The number of amides is 1. The molecule has 4 rings (SSSR count). The van der Waals surface area contributed by atoms with E-state index in [2.05, 4.69) is 15.0 Å². The zero-order valence-electron chi connectivity index (χ0n) is 14.2. The fourth-order valence-corrected chi connectivity index (χ4v) is 4.14. The lowest BCUT2D eigenvalue weighted by Crippen LogP contribution is -2.48. The maximum Gasteiger partial charge on any atom is 0.407 e. The number of halogens is 3. The molecule has 1 aliphatic rings. The smallest absolute Gasteiger partial charge is 0.407 e. The molecule has 3 aromatic heterocycles. The lowest BCUT2D eigenvalue weighted by Gasteiger charge is -2.40. The van der Waals surface area contributed by atoms with Crippen LogP contribution >= 0.6 is 0 Å². The highest BCUT2D eigenvalue weighted by Gasteiger charge is 2.43. The van der Waals surface area contributed by atoms with Gasteiger partial charge in [0.05, 0.1) is 24.2 Å². The number of likely N-dealkylation sites (tertiary alicyclic amines) is 1. The Morgan fingerprint density at radius 1 is 1.33 bits per heavy atom. The molecule has 0 aliphatic carbocycles. The molecule has 4 heterocycles. The van der Waals surface area contributed by atoms with Crippen molar-refractivity contribution in [2.75, 3.05) is 6.54 Å². The summed E-state index contributed by atoms with van der Waals surface area (Å²) in [7, 11) is 0. The van der Waals surface area contributed by atoms with Gasteiger partial charge < -0.3 is 15.0 Å². The number of alkyl halides is 3. The number of pyridine rings is 2. The van der Waals surface area contributed by atoms with Crippen molar-refractivity contribution >= 4 is 28.0 Å². The number of rotatable bonds is 2. The molecule has 3 aromatic rings. The van der Waals surface area contributed by atoms with Crippen molar-refractivity contribution in [3.63, 3.8) is 0 Å². The lowest BCUT2D eigenvalue weighted by atomic mass is 9.80. The molecule has 6 nitrogen and oxygen atoms in total. The fourth-order valence-electron chi connectivity index (χ4n) is 4.14. The number of hydrogen-bond donors (Lipinski definition) is 2. The normalized spacial score (nSPS) is 21.1. The Hall–Kier alpha value is -2.84. The predicted octanol–water partition coefficient (Wildman–Crippen LogP) is 4.29. The maximum atomic E-state index is 13.2. The number of aromatic amines is 1. The van der Waals surface area contributed by atoms with Crippen LogP contribution in [0.25, 0.3) is 21.9 Å². The van der Waals surface area contributed by atoms with Crippen LogP contribution in [0.15, 0.2) is 30.7 Å².